The third-order valence-corrected chi connectivity index (χ3v) is 4.19. The normalized spacial score (nSPS) is 10.1. The van der Waals surface area contributed by atoms with Gasteiger partial charge in [-0.2, -0.15) is 0 Å². The Morgan fingerprint density at radius 2 is 1.40 bits per heavy atom. The standard InChI is InChI=1S/C28H25N3O4/c1-28(2,3)35-27(33)31-19-26(32)34-20-25-15-23(10-8-21-6-4-12-29-17-21)14-24(16-25)11-9-22-7-5-13-30-18-22/h4-7,12-18H,19-20H2,1-3H3,(H,31,33). The van der Waals surface area contributed by atoms with E-state index >= 15 is 0 Å². The zero-order chi connectivity index (χ0) is 25.1. The Balaban J connectivity index is 1.73. The summed E-state index contributed by atoms with van der Waals surface area (Å²) in [6, 6.07) is 12.9. The molecule has 0 aliphatic carbocycles. The summed E-state index contributed by atoms with van der Waals surface area (Å²) in [5.74, 6) is 11.7. The van der Waals surface area contributed by atoms with Gasteiger partial charge in [0, 0.05) is 47.0 Å². The van der Waals surface area contributed by atoms with Crippen LogP contribution >= 0.6 is 0 Å². The SMILES string of the molecule is CC(C)(C)OC(=O)NCC(=O)OCc1cc(C#Cc2cccnc2)cc(C#Cc2cccnc2)c1. The maximum Gasteiger partial charge on any atom is 0.408 e. The topological polar surface area (TPSA) is 90.4 Å². The minimum Gasteiger partial charge on any atom is -0.460 e. The molecule has 0 fully saturated rings. The molecule has 0 saturated heterocycles. The first-order chi connectivity index (χ1) is 16.8. The number of amides is 1. The van der Waals surface area contributed by atoms with E-state index in [1.165, 1.54) is 0 Å². The summed E-state index contributed by atoms with van der Waals surface area (Å²) in [6.45, 7) is 4.92. The fourth-order valence-corrected chi connectivity index (χ4v) is 2.76. The number of pyridine rings is 2. The van der Waals surface area contributed by atoms with Gasteiger partial charge < -0.3 is 14.8 Å². The summed E-state index contributed by atoms with van der Waals surface area (Å²) < 4.78 is 10.4. The lowest BCUT2D eigenvalue weighted by Crippen LogP contribution is -2.36. The van der Waals surface area contributed by atoms with Crippen molar-refractivity contribution in [3.8, 4) is 23.7 Å². The van der Waals surface area contributed by atoms with E-state index in [2.05, 4.69) is 39.0 Å². The van der Waals surface area contributed by atoms with Crippen LogP contribution < -0.4 is 5.32 Å². The van der Waals surface area contributed by atoms with Gasteiger partial charge in [0.1, 0.15) is 18.8 Å². The number of carbonyl (C=O) groups excluding carboxylic acids is 2. The van der Waals surface area contributed by atoms with Crippen molar-refractivity contribution in [1.29, 1.82) is 0 Å². The number of hydrogen-bond acceptors (Lipinski definition) is 6. The molecule has 3 rings (SSSR count). The molecular weight excluding hydrogens is 442 g/mol. The Bertz CT molecular complexity index is 1220. The predicted octanol–water partition coefficient (Wildman–Crippen LogP) is 3.84. The van der Waals surface area contributed by atoms with Crippen LogP contribution in [-0.2, 0) is 20.9 Å². The molecule has 2 aromatic heterocycles. The number of hydrogen-bond donors (Lipinski definition) is 1. The van der Waals surface area contributed by atoms with Gasteiger partial charge in [-0.05, 0) is 68.8 Å². The summed E-state index contributed by atoms with van der Waals surface area (Å²) in [4.78, 5) is 32.0. The first-order valence-electron chi connectivity index (χ1n) is 10.9. The van der Waals surface area contributed by atoms with Crippen molar-refractivity contribution >= 4 is 12.1 Å². The van der Waals surface area contributed by atoms with Gasteiger partial charge in [-0.1, -0.05) is 23.7 Å². The third kappa shape index (κ3) is 9.41. The summed E-state index contributed by atoms with van der Waals surface area (Å²) in [5, 5.41) is 2.38. The Morgan fingerprint density at radius 1 is 0.857 bits per heavy atom. The van der Waals surface area contributed by atoms with Crippen LogP contribution in [-0.4, -0.2) is 34.2 Å². The lowest BCUT2D eigenvalue weighted by molar-refractivity contribution is -0.143. The number of alkyl carbamates (subject to hydrolysis) is 1. The summed E-state index contributed by atoms with van der Waals surface area (Å²) >= 11 is 0. The van der Waals surface area contributed by atoms with Gasteiger partial charge >= 0.3 is 12.1 Å². The molecule has 3 aromatic rings. The highest BCUT2D eigenvalue weighted by Crippen LogP contribution is 2.12. The van der Waals surface area contributed by atoms with E-state index in [1.807, 2.05) is 42.5 Å². The van der Waals surface area contributed by atoms with Gasteiger partial charge in [-0.25, -0.2) is 4.79 Å². The van der Waals surface area contributed by atoms with Crippen molar-refractivity contribution in [2.75, 3.05) is 6.54 Å². The number of benzene rings is 1. The van der Waals surface area contributed by atoms with Gasteiger partial charge in [0.2, 0.25) is 0 Å². The highest BCUT2D eigenvalue weighted by molar-refractivity contribution is 5.78. The van der Waals surface area contributed by atoms with Crippen molar-refractivity contribution in [3.63, 3.8) is 0 Å². The Labute approximate surface area is 204 Å². The summed E-state index contributed by atoms with van der Waals surface area (Å²) in [5.41, 5.74) is 3.04. The number of aromatic nitrogens is 2. The molecule has 2 heterocycles. The maximum atomic E-state index is 12.1. The third-order valence-electron chi connectivity index (χ3n) is 4.19. The van der Waals surface area contributed by atoms with Gasteiger partial charge in [0.15, 0.2) is 0 Å². The fraction of sp³-hybridized carbons (Fsp3) is 0.214. The molecule has 0 spiro atoms. The van der Waals surface area contributed by atoms with Crippen molar-refractivity contribution < 1.29 is 19.1 Å². The van der Waals surface area contributed by atoms with Crippen molar-refractivity contribution in [1.82, 2.24) is 15.3 Å². The number of rotatable bonds is 4. The minimum atomic E-state index is -0.685. The first-order valence-corrected chi connectivity index (χ1v) is 10.9. The van der Waals surface area contributed by atoms with Crippen molar-refractivity contribution in [3.05, 3.63) is 95.1 Å². The van der Waals surface area contributed by atoms with E-state index in [-0.39, 0.29) is 13.2 Å². The van der Waals surface area contributed by atoms with E-state index in [0.29, 0.717) is 16.7 Å². The monoisotopic (exact) mass is 467 g/mol. The van der Waals surface area contributed by atoms with Gasteiger partial charge in [-0.15, -0.1) is 0 Å². The molecule has 0 bridgehead atoms. The van der Waals surface area contributed by atoms with E-state index in [9.17, 15) is 9.59 Å². The van der Waals surface area contributed by atoms with Crippen LogP contribution in [0.4, 0.5) is 4.79 Å². The van der Waals surface area contributed by atoms with Gasteiger partial charge in [-0.3, -0.25) is 14.8 Å². The number of nitrogens with one attached hydrogen (secondary N) is 1. The number of esters is 1. The van der Waals surface area contributed by atoms with Crippen molar-refractivity contribution in [2.24, 2.45) is 0 Å². The molecule has 0 aliphatic rings. The summed E-state index contributed by atoms with van der Waals surface area (Å²) in [7, 11) is 0. The smallest absolute Gasteiger partial charge is 0.408 e. The Kier molecular flexibility index (Phi) is 8.59. The molecule has 1 amide bonds. The molecular formula is C28H25N3O4. The van der Waals surface area contributed by atoms with Crippen LogP contribution in [0, 0.1) is 23.7 Å². The highest BCUT2D eigenvalue weighted by atomic mass is 16.6. The molecule has 0 radical (unpaired) electrons. The average molecular weight is 468 g/mol. The minimum absolute atomic E-state index is 0.00117. The second-order valence-electron chi connectivity index (χ2n) is 8.42. The van der Waals surface area contributed by atoms with Crippen LogP contribution in [0.1, 0.15) is 48.6 Å². The molecule has 1 aromatic carbocycles. The second-order valence-corrected chi connectivity index (χ2v) is 8.42. The Morgan fingerprint density at radius 3 is 1.89 bits per heavy atom. The lowest BCUT2D eigenvalue weighted by atomic mass is 10.1. The molecule has 35 heavy (non-hydrogen) atoms. The highest BCUT2D eigenvalue weighted by Gasteiger charge is 2.17. The van der Waals surface area contributed by atoms with E-state index in [0.717, 1.165) is 11.1 Å². The molecule has 7 heteroatoms. The quantitative estimate of drug-likeness (QED) is 0.463. The van der Waals surface area contributed by atoms with Crippen LogP contribution in [0.15, 0.2) is 67.3 Å². The lowest BCUT2D eigenvalue weighted by Gasteiger charge is -2.19. The fourth-order valence-electron chi connectivity index (χ4n) is 2.76. The molecule has 7 nitrogen and oxygen atoms in total. The van der Waals surface area contributed by atoms with E-state index < -0.39 is 17.7 Å². The second kappa shape index (κ2) is 12.0. The predicted molar refractivity (Wildman–Crippen MR) is 131 cm³/mol. The largest absolute Gasteiger partial charge is 0.460 e. The molecule has 0 unspecified atom stereocenters. The Hall–Kier alpha value is -4.62. The van der Waals surface area contributed by atoms with Crippen LogP contribution in [0.3, 0.4) is 0 Å². The number of nitrogens with zero attached hydrogens (tertiary/aromatic N) is 2. The maximum absolute atomic E-state index is 12.1. The zero-order valence-electron chi connectivity index (χ0n) is 19.8. The number of carbonyl (C=O) groups is 2. The molecule has 0 aliphatic heterocycles. The number of ether oxygens (including phenoxy) is 2. The average Bonchev–Trinajstić information content (AvgIpc) is 2.84. The zero-order valence-corrected chi connectivity index (χ0v) is 19.8. The summed E-state index contributed by atoms with van der Waals surface area (Å²) in [6.07, 6.45) is 6.04. The van der Waals surface area contributed by atoms with E-state index in [1.54, 1.807) is 45.6 Å². The van der Waals surface area contributed by atoms with Crippen LogP contribution in [0.5, 0.6) is 0 Å². The molecule has 176 valence electrons. The van der Waals surface area contributed by atoms with Crippen molar-refractivity contribution in [2.45, 2.75) is 33.0 Å². The molecule has 1 N–H and O–H groups in total. The molecule has 0 saturated carbocycles. The first kappa shape index (κ1) is 25.0. The van der Waals surface area contributed by atoms with Crippen LogP contribution in [0.2, 0.25) is 0 Å². The van der Waals surface area contributed by atoms with E-state index in [4.69, 9.17) is 9.47 Å². The molecule has 0 atom stereocenters. The van der Waals surface area contributed by atoms with Crippen LogP contribution in [0.25, 0.3) is 0 Å². The van der Waals surface area contributed by atoms with Gasteiger partial charge in [0.05, 0.1) is 0 Å². The van der Waals surface area contributed by atoms with Gasteiger partial charge in [0.25, 0.3) is 0 Å².